The van der Waals surface area contributed by atoms with Gasteiger partial charge in [-0.1, -0.05) is 69.3 Å². The van der Waals surface area contributed by atoms with Crippen LogP contribution < -0.4 is 4.74 Å². The Morgan fingerprint density at radius 1 is 1.05 bits per heavy atom. The molecule has 1 atom stereocenters. The molecule has 1 unspecified atom stereocenters. The Bertz CT molecular complexity index is 1140. The van der Waals surface area contributed by atoms with Gasteiger partial charge in [0.15, 0.2) is 0 Å². The Kier molecular flexibility index (Phi) is 9.88. The van der Waals surface area contributed by atoms with Gasteiger partial charge in [-0.05, 0) is 63.1 Å². The van der Waals surface area contributed by atoms with Gasteiger partial charge in [-0.15, -0.1) is 0 Å². The topological polar surface area (TPSA) is 59.1 Å². The average molecular weight is 541 g/mol. The number of carbonyl (C=O) groups excluding carboxylic acids is 2. The van der Waals surface area contributed by atoms with Gasteiger partial charge in [0.05, 0.1) is 12.6 Å². The van der Waals surface area contributed by atoms with Crippen LogP contribution in [0.4, 0.5) is 4.79 Å². The second-order valence-electron chi connectivity index (χ2n) is 10.8. The van der Waals surface area contributed by atoms with E-state index < -0.39 is 17.2 Å². The first-order chi connectivity index (χ1) is 18.1. The van der Waals surface area contributed by atoms with Gasteiger partial charge in [0, 0.05) is 35.4 Å². The minimum Gasteiger partial charge on any atom is -0.497 e. The molecule has 38 heavy (non-hydrogen) atoms. The summed E-state index contributed by atoms with van der Waals surface area (Å²) in [6, 6.07) is 13.1. The molecule has 0 bridgehead atoms. The standard InChI is InChI=1S/C25H27ClN2O4.C6H14/c1-24(2,3)32-23(30)27-14-12-25(13-15-27)21-19(6-5-7-20(21)26)22(29)28(25)16-17-8-10-18(31-4)11-9-17;1-3-5-6-4-2/h5-12,14H,13,15-16H2,1-4H3;3-6H2,1-2H3. The first kappa shape index (κ1) is 29.6. The summed E-state index contributed by atoms with van der Waals surface area (Å²) in [5, 5.41) is 0.545. The van der Waals surface area contributed by atoms with Crippen molar-refractivity contribution in [3.63, 3.8) is 0 Å². The van der Waals surface area contributed by atoms with Crippen LogP contribution in [0.15, 0.2) is 54.7 Å². The van der Waals surface area contributed by atoms with Crippen LogP contribution in [0.5, 0.6) is 5.75 Å². The van der Waals surface area contributed by atoms with Gasteiger partial charge in [-0.2, -0.15) is 0 Å². The lowest BCUT2D eigenvalue weighted by atomic mass is 9.84. The van der Waals surface area contributed by atoms with E-state index in [1.54, 1.807) is 30.3 Å². The normalized spacial score (nSPS) is 18.2. The Morgan fingerprint density at radius 2 is 1.71 bits per heavy atom. The molecule has 0 saturated carbocycles. The highest BCUT2D eigenvalue weighted by atomic mass is 35.5. The molecule has 0 fully saturated rings. The number of methoxy groups -OCH3 is 1. The first-order valence-electron chi connectivity index (χ1n) is 13.5. The minimum atomic E-state index is -0.733. The number of benzene rings is 2. The third kappa shape index (κ3) is 6.71. The van der Waals surface area contributed by atoms with Gasteiger partial charge in [-0.3, -0.25) is 9.69 Å². The monoisotopic (exact) mass is 540 g/mol. The van der Waals surface area contributed by atoms with Gasteiger partial charge in [0.25, 0.3) is 5.91 Å². The van der Waals surface area contributed by atoms with Crippen molar-refractivity contribution in [3.05, 3.63) is 76.5 Å². The number of ether oxygens (including phenoxy) is 2. The van der Waals surface area contributed by atoms with E-state index in [1.165, 1.54) is 25.7 Å². The van der Waals surface area contributed by atoms with Crippen molar-refractivity contribution in [3.8, 4) is 5.75 Å². The SMILES string of the molecule is CCCCCC.COc1ccc(CN2C(=O)c3cccc(Cl)c3C23C=CN(C(=O)OC(C)(C)C)CC3)cc1. The third-order valence-corrected chi connectivity index (χ3v) is 7.07. The van der Waals surface area contributed by atoms with E-state index in [-0.39, 0.29) is 5.91 Å². The molecular formula is C31H41ClN2O4. The smallest absolute Gasteiger partial charge is 0.414 e. The van der Waals surface area contributed by atoms with Crippen molar-refractivity contribution in [2.75, 3.05) is 13.7 Å². The van der Waals surface area contributed by atoms with Gasteiger partial charge < -0.3 is 14.4 Å². The van der Waals surface area contributed by atoms with Crippen molar-refractivity contribution in [2.45, 2.75) is 84.4 Å². The summed E-state index contributed by atoms with van der Waals surface area (Å²) in [5.74, 6) is 0.682. The van der Waals surface area contributed by atoms with Crippen LogP contribution in [-0.4, -0.2) is 41.1 Å². The molecule has 2 aliphatic rings. The maximum Gasteiger partial charge on any atom is 0.414 e. The molecule has 2 aromatic rings. The van der Waals surface area contributed by atoms with E-state index in [1.807, 2.05) is 62.1 Å². The fourth-order valence-corrected chi connectivity index (χ4v) is 5.14. The second kappa shape index (κ2) is 12.7. The first-order valence-corrected chi connectivity index (χ1v) is 13.9. The summed E-state index contributed by atoms with van der Waals surface area (Å²) >= 11 is 6.62. The zero-order chi connectivity index (χ0) is 27.9. The molecule has 4 rings (SSSR count). The maximum absolute atomic E-state index is 13.5. The highest BCUT2D eigenvalue weighted by Gasteiger charge is 2.50. The van der Waals surface area contributed by atoms with Gasteiger partial charge in [0.2, 0.25) is 0 Å². The van der Waals surface area contributed by atoms with E-state index >= 15 is 0 Å². The predicted molar refractivity (Wildman–Crippen MR) is 153 cm³/mol. The number of fused-ring (bicyclic) bond motifs is 2. The van der Waals surface area contributed by atoms with E-state index in [4.69, 9.17) is 21.1 Å². The number of hydrogen-bond donors (Lipinski definition) is 0. The average Bonchev–Trinajstić information content (AvgIpc) is 3.11. The quantitative estimate of drug-likeness (QED) is 0.349. The van der Waals surface area contributed by atoms with Crippen LogP contribution in [0.1, 0.15) is 88.2 Å². The highest BCUT2D eigenvalue weighted by molar-refractivity contribution is 6.32. The van der Waals surface area contributed by atoms with Crippen molar-refractivity contribution in [1.29, 1.82) is 0 Å². The van der Waals surface area contributed by atoms with Crippen LogP contribution >= 0.6 is 11.6 Å². The third-order valence-electron chi connectivity index (χ3n) is 6.75. The van der Waals surface area contributed by atoms with Gasteiger partial charge in [-0.25, -0.2) is 4.79 Å². The van der Waals surface area contributed by atoms with Crippen molar-refractivity contribution < 1.29 is 19.1 Å². The van der Waals surface area contributed by atoms with E-state index in [2.05, 4.69) is 13.8 Å². The number of amides is 2. The minimum absolute atomic E-state index is 0.0753. The number of unbranched alkanes of at least 4 members (excludes halogenated alkanes) is 3. The van der Waals surface area contributed by atoms with Gasteiger partial charge >= 0.3 is 6.09 Å². The van der Waals surface area contributed by atoms with Crippen LogP contribution in [0, 0.1) is 0 Å². The largest absolute Gasteiger partial charge is 0.497 e. The lowest BCUT2D eigenvalue weighted by molar-refractivity contribution is 0.0269. The van der Waals surface area contributed by atoms with Crippen LogP contribution in [0.2, 0.25) is 5.02 Å². The summed E-state index contributed by atoms with van der Waals surface area (Å²) in [6.07, 6.45) is 9.26. The molecule has 0 aliphatic carbocycles. The van der Waals surface area contributed by atoms with Crippen LogP contribution in [0.25, 0.3) is 0 Å². The summed E-state index contributed by atoms with van der Waals surface area (Å²) < 4.78 is 10.8. The molecule has 0 radical (unpaired) electrons. The second-order valence-corrected chi connectivity index (χ2v) is 11.2. The highest BCUT2D eigenvalue weighted by Crippen LogP contribution is 2.48. The van der Waals surface area contributed by atoms with Crippen LogP contribution in [-0.2, 0) is 16.8 Å². The number of halogens is 1. The number of rotatable bonds is 6. The molecule has 0 aromatic heterocycles. The van der Waals surface area contributed by atoms with E-state index in [9.17, 15) is 9.59 Å². The maximum atomic E-state index is 13.5. The zero-order valence-corrected chi connectivity index (χ0v) is 24.3. The summed E-state index contributed by atoms with van der Waals surface area (Å²) in [7, 11) is 1.62. The molecule has 1 spiro atoms. The number of hydrogen-bond acceptors (Lipinski definition) is 4. The van der Waals surface area contributed by atoms with Crippen LogP contribution in [0.3, 0.4) is 0 Å². The van der Waals surface area contributed by atoms with E-state index in [0.29, 0.717) is 30.1 Å². The van der Waals surface area contributed by atoms with E-state index in [0.717, 1.165) is 16.9 Å². The Balaban J connectivity index is 0.000000599. The van der Waals surface area contributed by atoms with Crippen molar-refractivity contribution in [1.82, 2.24) is 9.80 Å². The summed E-state index contributed by atoms with van der Waals surface area (Å²) in [6.45, 7) is 10.8. The molecule has 2 aliphatic heterocycles. The molecule has 7 heteroatoms. The molecule has 6 nitrogen and oxygen atoms in total. The number of nitrogens with zero attached hydrogens (tertiary/aromatic N) is 2. The molecule has 2 amide bonds. The molecule has 0 N–H and O–H groups in total. The van der Waals surface area contributed by atoms with Crippen molar-refractivity contribution >= 4 is 23.6 Å². The Labute approximate surface area is 232 Å². The molecule has 2 aromatic carbocycles. The lowest BCUT2D eigenvalue weighted by Gasteiger charge is -2.41. The summed E-state index contributed by atoms with van der Waals surface area (Å²) in [4.78, 5) is 29.4. The van der Waals surface area contributed by atoms with Crippen molar-refractivity contribution in [2.24, 2.45) is 0 Å². The molecule has 0 saturated heterocycles. The Morgan fingerprint density at radius 3 is 2.24 bits per heavy atom. The summed E-state index contributed by atoms with van der Waals surface area (Å²) in [5.41, 5.74) is 1.05. The number of carbonyl (C=O) groups is 2. The lowest BCUT2D eigenvalue weighted by Crippen LogP contribution is -2.48. The zero-order valence-electron chi connectivity index (χ0n) is 23.6. The molecule has 206 valence electrons. The molecule has 2 heterocycles. The Hall–Kier alpha value is -2.99. The van der Waals surface area contributed by atoms with Gasteiger partial charge in [0.1, 0.15) is 11.4 Å². The fourth-order valence-electron chi connectivity index (χ4n) is 4.80. The fraction of sp³-hybridized carbons (Fsp3) is 0.484. The molecular weight excluding hydrogens is 500 g/mol. The predicted octanol–water partition coefficient (Wildman–Crippen LogP) is 7.94.